The summed E-state index contributed by atoms with van der Waals surface area (Å²) in [4.78, 5) is 4.62. The van der Waals surface area contributed by atoms with Crippen molar-refractivity contribution in [1.29, 1.82) is 0 Å². The normalized spacial score (nSPS) is 33.7. The van der Waals surface area contributed by atoms with Crippen LogP contribution in [0.5, 0.6) is 0 Å². The minimum absolute atomic E-state index is 0.387. The summed E-state index contributed by atoms with van der Waals surface area (Å²) >= 11 is 6.45. The maximum Gasteiger partial charge on any atom is 0.0469 e. The Labute approximate surface area is 102 Å². The van der Waals surface area contributed by atoms with E-state index in [0.717, 1.165) is 0 Å². The van der Waals surface area contributed by atoms with Gasteiger partial charge in [-0.2, -0.15) is 0 Å². The van der Waals surface area contributed by atoms with E-state index in [4.69, 9.17) is 11.6 Å². The summed E-state index contributed by atoms with van der Waals surface area (Å²) in [6.07, 6.45) is 9.55. The summed E-state index contributed by atoms with van der Waals surface area (Å²) in [5.41, 5.74) is 2.82. The third-order valence-electron chi connectivity index (χ3n) is 4.24. The molecule has 2 aliphatic carbocycles. The summed E-state index contributed by atoms with van der Waals surface area (Å²) in [7, 11) is 0. The number of alkyl halides is 1. The van der Waals surface area contributed by atoms with Crippen molar-refractivity contribution in [3.8, 4) is 0 Å². The van der Waals surface area contributed by atoms with Crippen LogP contribution in [-0.2, 0) is 6.42 Å². The van der Waals surface area contributed by atoms with Crippen LogP contribution in [0, 0.1) is 5.92 Å². The number of rotatable bonds is 1. The lowest BCUT2D eigenvalue weighted by atomic mass is 9.78. The lowest BCUT2D eigenvalue weighted by Crippen LogP contribution is -2.23. The molecule has 1 fully saturated rings. The van der Waals surface area contributed by atoms with E-state index in [1.54, 1.807) is 0 Å². The van der Waals surface area contributed by atoms with Gasteiger partial charge in [0, 0.05) is 23.2 Å². The molecule has 2 heteroatoms. The Hall–Kier alpha value is -0.560. The van der Waals surface area contributed by atoms with Crippen LogP contribution in [0.1, 0.15) is 49.3 Å². The molecule has 0 amide bonds. The summed E-state index contributed by atoms with van der Waals surface area (Å²) in [5, 5.41) is 0.387. The molecule has 1 saturated carbocycles. The van der Waals surface area contributed by atoms with Gasteiger partial charge in [0.1, 0.15) is 0 Å². The quantitative estimate of drug-likeness (QED) is 0.673. The highest BCUT2D eigenvalue weighted by Crippen LogP contribution is 2.44. The van der Waals surface area contributed by atoms with E-state index in [1.807, 2.05) is 6.20 Å². The van der Waals surface area contributed by atoms with E-state index in [-0.39, 0.29) is 0 Å². The first-order chi connectivity index (χ1) is 7.86. The Morgan fingerprint density at radius 1 is 1.19 bits per heavy atom. The standard InChI is InChI=1S/C14H18ClN/c15-13-8-2-6-11(13)12-7-1-4-10-5-3-9-16-14(10)12/h3,5,9,11-13H,1-2,4,6-8H2. The lowest BCUT2D eigenvalue weighted by Gasteiger charge is -2.30. The molecule has 0 bridgehead atoms. The van der Waals surface area contributed by atoms with E-state index in [1.165, 1.54) is 49.8 Å². The predicted octanol–water partition coefficient (Wildman–Crippen LogP) is 3.91. The van der Waals surface area contributed by atoms with Gasteiger partial charge in [0.2, 0.25) is 0 Å². The minimum atomic E-state index is 0.387. The van der Waals surface area contributed by atoms with Crippen molar-refractivity contribution < 1.29 is 0 Å². The van der Waals surface area contributed by atoms with Crippen LogP contribution in [0.25, 0.3) is 0 Å². The average molecular weight is 236 g/mol. The van der Waals surface area contributed by atoms with Crippen LogP contribution in [0.3, 0.4) is 0 Å². The van der Waals surface area contributed by atoms with E-state index < -0.39 is 0 Å². The molecule has 86 valence electrons. The molecule has 0 aliphatic heterocycles. The van der Waals surface area contributed by atoms with Crippen molar-refractivity contribution in [1.82, 2.24) is 4.98 Å². The molecule has 0 N–H and O–H groups in total. The fourth-order valence-corrected chi connectivity index (χ4v) is 3.91. The molecule has 1 aromatic rings. The van der Waals surface area contributed by atoms with E-state index in [9.17, 15) is 0 Å². The number of hydrogen-bond donors (Lipinski definition) is 0. The summed E-state index contributed by atoms with van der Waals surface area (Å²) < 4.78 is 0. The molecular weight excluding hydrogens is 218 g/mol. The van der Waals surface area contributed by atoms with Crippen LogP contribution in [-0.4, -0.2) is 10.4 Å². The third-order valence-corrected chi connectivity index (χ3v) is 4.78. The predicted molar refractivity (Wildman–Crippen MR) is 66.9 cm³/mol. The highest BCUT2D eigenvalue weighted by Gasteiger charge is 2.36. The zero-order valence-corrected chi connectivity index (χ0v) is 10.3. The highest BCUT2D eigenvalue weighted by atomic mass is 35.5. The molecule has 0 radical (unpaired) electrons. The van der Waals surface area contributed by atoms with Crippen LogP contribution in [0.4, 0.5) is 0 Å². The fourth-order valence-electron chi connectivity index (χ4n) is 3.46. The zero-order chi connectivity index (χ0) is 11.0. The second-order valence-electron chi connectivity index (χ2n) is 5.16. The third kappa shape index (κ3) is 1.75. The molecule has 0 spiro atoms. The van der Waals surface area contributed by atoms with E-state index in [2.05, 4.69) is 17.1 Å². The molecule has 1 aromatic heterocycles. The van der Waals surface area contributed by atoms with Crippen LogP contribution < -0.4 is 0 Å². The van der Waals surface area contributed by atoms with Crippen LogP contribution in [0.2, 0.25) is 0 Å². The van der Waals surface area contributed by atoms with Crippen molar-refractivity contribution in [2.45, 2.75) is 49.8 Å². The van der Waals surface area contributed by atoms with Gasteiger partial charge in [-0.05, 0) is 49.7 Å². The van der Waals surface area contributed by atoms with Crippen molar-refractivity contribution in [3.63, 3.8) is 0 Å². The Balaban J connectivity index is 1.92. The molecule has 3 rings (SSSR count). The van der Waals surface area contributed by atoms with Crippen molar-refractivity contribution in [2.24, 2.45) is 5.92 Å². The molecular formula is C14H18ClN. The molecule has 3 atom stereocenters. The summed E-state index contributed by atoms with van der Waals surface area (Å²) in [5.74, 6) is 1.31. The smallest absolute Gasteiger partial charge is 0.0469 e. The molecule has 16 heavy (non-hydrogen) atoms. The number of nitrogens with zero attached hydrogens (tertiary/aromatic N) is 1. The Morgan fingerprint density at radius 2 is 2.12 bits per heavy atom. The molecule has 0 aromatic carbocycles. The highest BCUT2D eigenvalue weighted by molar-refractivity contribution is 6.21. The SMILES string of the molecule is ClC1CCCC1C1CCCc2cccnc21. The van der Waals surface area contributed by atoms with Crippen LogP contribution in [0.15, 0.2) is 18.3 Å². The monoisotopic (exact) mass is 235 g/mol. The summed E-state index contributed by atoms with van der Waals surface area (Å²) in [6.45, 7) is 0. The number of hydrogen-bond acceptors (Lipinski definition) is 1. The first-order valence-corrected chi connectivity index (χ1v) is 6.88. The van der Waals surface area contributed by atoms with Gasteiger partial charge in [-0.15, -0.1) is 11.6 Å². The summed E-state index contributed by atoms with van der Waals surface area (Å²) in [6, 6.07) is 4.31. The van der Waals surface area contributed by atoms with Gasteiger partial charge in [-0.1, -0.05) is 12.5 Å². The lowest BCUT2D eigenvalue weighted by molar-refractivity contribution is 0.382. The molecule has 1 heterocycles. The van der Waals surface area contributed by atoms with Gasteiger partial charge >= 0.3 is 0 Å². The van der Waals surface area contributed by atoms with E-state index in [0.29, 0.717) is 17.2 Å². The first kappa shape index (κ1) is 10.6. The van der Waals surface area contributed by atoms with Gasteiger partial charge < -0.3 is 0 Å². The maximum atomic E-state index is 6.45. The Bertz CT molecular complexity index is 377. The number of halogens is 1. The van der Waals surface area contributed by atoms with Crippen molar-refractivity contribution in [2.75, 3.05) is 0 Å². The molecule has 3 unspecified atom stereocenters. The topological polar surface area (TPSA) is 12.9 Å². The molecule has 0 saturated heterocycles. The minimum Gasteiger partial charge on any atom is -0.261 e. The Morgan fingerprint density at radius 3 is 2.94 bits per heavy atom. The van der Waals surface area contributed by atoms with Gasteiger partial charge in [0.15, 0.2) is 0 Å². The number of fused-ring (bicyclic) bond motifs is 1. The van der Waals surface area contributed by atoms with Gasteiger partial charge in [0.05, 0.1) is 0 Å². The van der Waals surface area contributed by atoms with Gasteiger partial charge in [-0.25, -0.2) is 0 Å². The second-order valence-corrected chi connectivity index (χ2v) is 5.72. The van der Waals surface area contributed by atoms with E-state index >= 15 is 0 Å². The van der Waals surface area contributed by atoms with Gasteiger partial charge in [0.25, 0.3) is 0 Å². The second kappa shape index (κ2) is 4.37. The van der Waals surface area contributed by atoms with Crippen LogP contribution >= 0.6 is 11.6 Å². The number of aromatic nitrogens is 1. The van der Waals surface area contributed by atoms with Gasteiger partial charge in [-0.3, -0.25) is 4.98 Å². The maximum absolute atomic E-state index is 6.45. The number of pyridine rings is 1. The average Bonchev–Trinajstić information content (AvgIpc) is 2.75. The van der Waals surface area contributed by atoms with Crippen molar-refractivity contribution in [3.05, 3.63) is 29.6 Å². The largest absolute Gasteiger partial charge is 0.261 e. The zero-order valence-electron chi connectivity index (χ0n) is 9.53. The number of aryl methyl sites for hydroxylation is 1. The fraction of sp³-hybridized carbons (Fsp3) is 0.643. The molecule has 2 aliphatic rings. The Kier molecular flexibility index (Phi) is 2.89. The molecule has 1 nitrogen and oxygen atoms in total. The van der Waals surface area contributed by atoms with Crippen molar-refractivity contribution >= 4 is 11.6 Å². The first-order valence-electron chi connectivity index (χ1n) is 6.44.